The first-order valence-electron chi connectivity index (χ1n) is 6.16. The van der Waals surface area contributed by atoms with Crippen molar-refractivity contribution in [3.8, 4) is 0 Å². The minimum atomic E-state index is -0.144. The van der Waals surface area contributed by atoms with Gasteiger partial charge in [0, 0.05) is 16.9 Å². The van der Waals surface area contributed by atoms with Crippen LogP contribution in [-0.2, 0) is 4.79 Å². The number of aliphatic imine (C=N–C) groups is 1. The number of nitrogens with one attached hydrogen (secondary N) is 1. The highest BCUT2D eigenvalue weighted by molar-refractivity contribution is 9.10. The molecular weight excluding hydrogens is 350 g/mol. The number of para-hydroxylation sites is 1. The number of rotatable bonds is 2. The summed E-state index contributed by atoms with van der Waals surface area (Å²) in [6.45, 7) is 0. The zero-order valence-corrected chi connectivity index (χ0v) is 13.2. The molecule has 0 atom stereocenters. The van der Waals surface area contributed by atoms with Gasteiger partial charge in [0.2, 0.25) is 0 Å². The van der Waals surface area contributed by atoms with Gasteiger partial charge in [-0.3, -0.25) is 9.78 Å². The molecular formula is C15H10BrN3OS. The Labute approximate surface area is 134 Å². The number of amides is 1. The molecule has 0 radical (unpaired) electrons. The van der Waals surface area contributed by atoms with Gasteiger partial charge in [-0.25, -0.2) is 4.99 Å². The third-order valence-electron chi connectivity index (χ3n) is 2.71. The van der Waals surface area contributed by atoms with Gasteiger partial charge in [-0.1, -0.05) is 18.2 Å². The zero-order chi connectivity index (χ0) is 14.7. The number of aromatic nitrogens is 1. The number of hydrogen-bond acceptors (Lipinski definition) is 4. The van der Waals surface area contributed by atoms with Gasteiger partial charge < -0.3 is 5.32 Å². The van der Waals surface area contributed by atoms with Gasteiger partial charge in [0.25, 0.3) is 5.91 Å². The van der Waals surface area contributed by atoms with Gasteiger partial charge in [0.1, 0.15) is 0 Å². The Balaban J connectivity index is 1.85. The number of pyridine rings is 1. The molecule has 1 amide bonds. The highest BCUT2D eigenvalue weighted by Crippen LogP contribution is 2.30. The molecule has 2 heterocycles. The first-order chi connectivity index (χ1) is 10.2. The van der Waals surface area contributed by atoms with Crippen molar-refractivity contribution >= 4 is 50.5 Å². The fourth-order valence-corrected chi connectivity index (χ4v) is 2.95. The summed E-state index contributed by atoms with van der Waals surface area (Å²) in [4.78, 5) is 21.0. The lowest BCUT2D eigenvalue weighted by atomic mass is 10.2. The van der Waals surface area contributed by atoms with E-state index in [2.05, 4.69) is 31.2 Å². The van der Waals surface area contributed by atoms with E-state index in [-0.39, 0.29) is 5.91 Å². The summed E-state index contributed by atoms with van der Waals surface area (Å²) in [6.07, 6.45) is 5.21. The number of halogens is 1. The average Bonchev–Trinajstić information content (AvgIpc) is 2.82. The molecule has 0 aliphatic carbocycles. The normalized spacial score (nSPS) is 18.2. The third-order valence-corrected chi connectivity index (χ3v) is 4.29. The second-order valence-electron chi connectivity index (χ2n) is 4.22. The molecule has 1 fully saturated rings. The van der Waals surface area contributed by atoms with Crippen molar-refractivity contribution in [2.75, 3.05) is 0 Å². The second-order valence-corrected chi connectivity index (χ2v) is 6.10. The maximum absolute atomic E-state index is 12.0. The Kier molecular flexibility index (Phi) is 4.17. The molecule has 4 nitrogen and oxygen atoms in total. The van der Waals surface area contributed by atoms with Crippen LogP contribution in [0.1, 0.15) is 5.56 Å². The smallest absolute Gasteiger partial charge is 0.264 e. The fourth-order valence-electron chi connectivity index (χ4n) is 1.75. The van der Waals surface area contributed by atoms with E-state index in [0.29, 0.717) is 10.1 Å². The number of nitrogens with zero attached hydrogens (tertiary/aromatic N) is 2. The van der Waals surface area contributed by atoms with E-state index in [1.807, 2.05) is 36.4 Å². The van der Waals surface area contributed by atoms with Gasteiger partial charge in [0.15, 0.2) is 5.17 Å². The molecule has 1 N–H and O–H groups in total. The quantitative estimate of drug-likeness (QED) is 0.831. The van der Waals surface area contributed by atoms with E-state index >= 15 is 0 Å². The van der Waals surface area contributed by atoms with Crippen LogP contribution in [0, 0.1) is 0 Å². The number of hydrogen-bond donors (Lipinski definition) is 1. The largest absolute Gasteiger partial charge is 0.300 e. The van der Waals surface area contributed by atoms with E-state index < -0.39 is 0 Å². The number of carbonyl (C=O) groups is 1. The summed E-state index contributed by atoms with van der Waals surface area (Å²) < 4.78 is 0.886. The Morgan fingerprint density at radius 3 is 2.86 bits per heavy atom. The summed E-state index contributed by atoms with van der Waals surface area (Å²) in [5, 5.41) is 3.34. The number of carbonyl (C=O) groups excluding carboxylic acids is 1. The lowest BCUT2D eigenvalue weighted by Crippen LogP contribution is -2.19. The predicted octanol–water partition coefficient (Wildman–Crippen LogP) is 3.74. The molecule has 1 aromatic carbocycles. The first-order valence-corrected chi connectivity index (χ1v) is 7.77. The summed E-state index contributed by atoms with van der Waals surface area (Å²) in [5.74, 6) is -0.144. The molecule has 1 aliphatic rings. The molecule has 0 unspecified atom stereocenters. The van der Waals surface area contributed by atoms with Crippen LogP contribution in [0.4, 0.5) is 5.69 Å². The van der Waals surface area contributed by atoms with Crippen LogP contribution in [0.15, 0.2) is 63.2 Å². The van der Waals surface area contributed by atoms with Crippen LogP contribution in [0.5, 0.6) is 0 Å². The van der Waals surface area contributed by atoms with Crippen molar-refractivity contribution in [2.24, 2.45) is 4.99 Å². The molecule has 0 spiro atoms. The van der Waals surface area contributed by atoms with E-state index in [1.165, 1.54) is 11.8 Å². The lowest BCUT2D eigenvalue weighted by molar-refractivity contribution is -0.115. The molecule has 1 aliphatic heterocycles. The van der Waals surface area contributed by atoms with E-state index in [4.69, 9.17) is 0 Å². The van der Waals surface area contributed by atoms with Gasteiger partial charge in [-0.2, -0.15) is 0 Å². The van der Waals surface area contributed by atoms with Crippen molar-refractivity contribution in [2.45, 2.75) is 0 Å². The Hall–Kier alpha value is -1.92. The van der Waals surface area contributed by atoms with Gasteiger partial charge >= 0.3 is 0 Å². The minimum absolute atomic E-state index is 0.144. The SMILES string of the molecule is O=C1NC(=Nc2ccccc2Br)S/C1=C\c1cccnc1. The third kappa shape index (κ3) is 3.40. The van der Waals surface area contributed by atoms with E-state index in [1.54, 1.807) is 18.5 Å². The van der Waals surface area contributed by atoms with Crippen molar-refractivity contribution < 1.29 is 4.79 Å². The Bertz CT molecular complexity index is 744. The topological polar surface area (TPSA) is 54.4 Å². The lowest BCUT2D eigenvalue weighted by Gasteiger charge is -1.98. The fraction of sp³-hybridized carbons (Fsp3) is 0. The molecule has 1 saturated heterocycles. The average molecular weight is 360 g/mol. The van der Waals surface area contributed by atoms with Crippen LogP contribution in [0.3, 0.4) is 0 Å². The number of amidine groups is 1. The molecule has 104 valence electrons. The Morgan fingerprint density at radius 2 is 2.10 bits per heavy atom. The molecule has 21 heavy (non-hydrogen) atoms. The summed E-state index contributed by atoms with van der Waals surface area (Å²) in [6, 6.07) is 11.3. The van der Waals surface area contributed by atoms with Crippen LogP contribution < -0.4 is 5.32 Å². The van der Waals surface area contributed by atoms with Gasteiger partial charge in [0.05, 0.1) is 10.6 Å². The van der Waals surface area contributed by atoms with Gasteiger partial charge in [-0.15, -0.1) is 0 Å². The second kappa shape index (κ2) is 6.24. The van der Waals surface area contributed by atoms with Crippen molar-refractivity contribution in [1.29, 1.82) is 0 Å². The maximum atomic E-state index is 12.0. The molecule has 6 heteroatoms. The van der Waals surface area contributed by atoms with Crippen molar-refractivity contribution in [1.82, 2.24) is 10.3 Å². The van der Waals surface area contributed by atoms with Crippen LogP contribution in [0.2, 0.25) is 0 Å². The predicted molar refractivity (Wildman–Crippen MR) is 89.2 cm³/mol. The Morgan fingerprint density at radius 1 is 1.24 bits per heavy atom. The molecule has 0 bridgehead atoms. The zero-order valence-electron chi connectivity index (χ0n) is 10.8. The molecule has 2 aromatic rings. The summed E-state index contributed by atoms with van der Waals surface area (Å²) in [7, 11) is 0. The molecule has 3 rings (SSSR count). The highest BCUT2D eigenvalue weighted by atomic mass is 79.9. The van der Waals surface area contributed by atoms with Crippen LogP contribution in [-0.4, -0.2) is 16.1 Å². The minimum Gasteiger partial charge on any atom is -0.300 e. The maximum Gasteiger partial charge on any atom is 0.264 e. The molecule has 1 aromatic heterocycles. The van der Waals surface area contributed by atoms with Gasteiger partial charge in [-0.05, 0) is 57.5 Å². The van der Waals surface area contributed by atoms with E-state index in [9.17, 15) is 4.79 Å². The summed E-state index contributed by atoms with van der Waals surface area (Å²) >= 11 is 4.75. The van der Waals surface area contributed by atoms with Crippen molar-refractivity contribution in [3.63, 3.8) is 0 Å². The number of thioether (sulfide) groups is 1. The van der Waals surface area contributed by atoms with Crippen LogP contribution >= 0.6 is 27.7 Å². The number of benzene rings is 1. The van der Waals surface area contributed by atoms with Crippen LogP contribution in [0.25, 0.3) is 6.08 Å². The highest BCUT2D eigenvalue weighted by Gasteiger charge is 2.23. The first kappa shape index (κ1) is 14.0. The standard InChI is InChI=1S/C15H10BrN3OS/c16-11-5-1-2-6-12(11)18-15-19-14(20)13(21-15)8-10-4-3-7-17-9-10/h1-9H,(H,18,19,20)/b13-8-. The molecule has 0 saturated carbocycles. The van der Waals surface area contributed by atoms with E-state index in [0.717, 1.165) is 15.7 Å². The summed E-state index contributed by atoms with van der Waals surface area (Å²) in [5.41, 5.74) is 1.67. The monoisotopic (exact) mass is 359 g/mol. The van der Waals surface area contributed by atoms with Crippen molar-refractivity contribution in [3.05, 3.63) is 63.7 Å².